The van der Waals surface area contributed by atoms with Gasteiger partial charge in [0, 0.05) is 12.5 Å². The van der Waals surface area contributed by atoms with Crippen molar-refractivity contribution in [2.45, 2.75) is 26.3 Å². The van der Waals surface area contributed by atoms with Crippen LogP contribution in [0.5, 0.6) is 0 Å². The van der Waals surface area contributed by atoms with Gasteiger partial charge in [-0.25, -0.2) is 0 Å². The molecule has 0 aromatic rings. The number of nitrogens with two attached hydrogens (primary N) is 1. The highest BCUT2D eigenvalue weighted by atomic mass is 14.6. The maximum Gasteiger partial charge on any atom is 0.0270 e. The summed E-state index contributed by atoms with van der Waals surface area (Å²) in [6.45, 7) is 3.93. The van der Waals surface area contributed by atoms with Crippen molar-refractivity contribution in [1.29, 1.82) is 0 Å². The van der Waals surface area contributed by atoms with Gasteiger partial charge in [-0.3, -0.25) is 0 Å². The third kappa shape index (κ3) is 3.81. The molecular weight excluding hydrogens is 110 g/mol. The lowest BCUT2D eigenvalue weighted by Gasteiger charge is -2.02. The average molecular weight is 123 g/mol. The van der Waals surface area contributed by atoms with E-state index in [0.29, 0.717) is 6.42 Å². The zero-order valence-corrected chi connectivity index (χ0v) is 6.02. The van der Waals surface area contributed by atoms with E-state index in [4.69, 9.17) is 12.2 Å². The van der Waals surface area contributed by atoms with Crippen molar-refractivity contribution in [3.05, 3.63) is 11.6 Å². The molecule has 0 saturated heterocycles. The van der Waals surface area contributed by atoms with E-state index in [-0.39, 0.29) is 6.04 Å². The van der Waals surface area contributed by atoms with E-state index in [1.54, 1.807) is 0 Å². The molecule has 0 amide bonds. The molecule has 50 valence electrons. The van der Waals surface area contributed by atoms with Crippen LogP contribution in [0, 0.1) is 12.3 Å². The predicted molar refractivity (Wildman–Crippen MR) is 40.9 cm³/mol. The van der Waals surface area contributed by atoms with Crippen LogP contribution < -0.4 is 5.73 Å². The standard InChI is InChI=1S/C8H13N/c1-4-5-6-7(2)8(3)9/h1,6,8H,5,9H2,2-3H3/b7-6+. The van der Waals surface area contributed by atoms with Gasteiger partial charge in [0.05, 0.1) is 0 Å². The molecule has 0 fully saturated rings. The highest BCUT2D eigenvalue weighted by molar-refractivity contribution is 5.09. The largest absolute Gasteiger partial charge is 0.324 e. The Morgan fingerprint density at radius 3 is 2.78 bits per heavy atom. The van der Waals surface area contributed by atoms with Gasteiger partial charge >= 0.3 is 0 Å². The molecule has 0 saturated carbocycles. The van der Waals surface area contributed by atoms with Crippen LogP contribution in [0.2, 0.25) is 0 Å². The van der Waals surface area contributed by atoms with Gasteiger partial charge < -0.3 is 5.73 Å². The fourth-order valence-corrected chi connectivity index (χ4v) is 0.406. The van der Waals surface area contributed by atoms with E-state index in [0.717, 1.165) is 5.57 Å². The maximum atomic E-state index is 5.54. The first-order valence-electron chi connectivity index (χ1n) is 3.04. The smallest absolute Gasteiger partial charge is 0.0270 e. The average Bonchev–Trinajstić information content (AvgIpc) is 1.82. The first kappa shape index (κ1) is 8.26. The lowest BCUT2D eigenvalue weighted by Crippen LogP contribution is -2.15. The summed E-state index contributed by atoms with van der Waals surface area (Å²) in [7, 11) is 0. The summed E-state index contributed by atoms with van der Waals surface area (Å²) in [5.74, 6) is 2.52. The second-order valence-electron chi connectivity index (χ2n) is 2.15. The topological polar surface area (TPSA) is 26.0 Å². The Kier molecular flexibility index (Phi) is 3.83. The molecule has 0 aliphatic heterocycles. The molecule has 1 unspecified atom stereocenters. The van der Waals surface area contributed by atoms with E-state index in [1.807, 2.05) is 19.9 Å². The fraction of sp³-hybridized carbons (Fsp3) is 0.500. The summed E-state index contributed by atoms with van der Waals surface area (Å²) in [6.07, 6.45) is 7.71. The van der Waals surface area contributed by atoms with Gasteiger partial charge in [-0.1, -0.05) is 11.6 Å². The van der Waals surface area contributed by atoms with Gasteiger partial charge in [-0.15, -0.1) is 12.3 Å². The van der Waals surface area contributed by atoms with Gasteiger partial charge in [-0.2, -0.15) is 0 Å². The number of hydrogen-bond donors (Lipinski definition) is 1. The zero-order chi connectivity index (χ0) is 7.28. The van der Waals surface area contributed by atoms with Crippen molar-refractivity contribution in [2.24, 2.45) is 5.73 Å². The Morgan fingerprint density at radius 2 is 2.44 bits per heavy atom. The minimum absolute atomic E-state index is 0.137. The molecule has 0 rings (SSSR count). The van der Waals surface area contributed by atoms with E-state index < -0.39 is 0 Å². The highest BCUT2D eigenvalue weighted by Gasteiger charge is 1.92. The molecule has 0 aliphatic rings. The van der Waals surface area contributed by atoms with Crippen LogP contribution >= 0.6 is 0 Å². The lowest BCUT2D eigenvalue weighted by atomic mass is 10.1. The molecule has 0 aliphatic carbocycles. The Bertz CT molecular complexity index is 137. The van der Waals surface area contributed by atoms with Crippen molar-refractivity contribution in [2.75, 3.05) is 0 Å². The molecule has 0 aromatic heterocycles. The zero-order valence-electron chi connectivity index (χ0n) is 6.02. The Morgan fingerprint density at radius 1 is 1.89 bits per heavy atom. The summed E-state index contributed by atoms with van der Waals surface area (Å²) >= 11 is 0. The van der Waals surface area contributed by atoms with E-state index >= 15 is 0 Å². The Hall–Kier alpha value is -0.740. The second-order valence-corrected chi connectivity index (χ2v) is 2.15. The number of allylic oxidation sites excluding steroid dienone is 1. The quantitative estimate of drug-likeness (QED) is 0.434. The number of rotatable bonds is 2. The molecular formula is C8H13N. The Labute approximate surface area is 56.9 Å². The monoisotopic (exact) mass is 123 g/mol. The van der Waals surface area contributed by atoms with Gasteiger partial charge in [0.25, 0.3) is 0 Å². The van der Waals surface area contributed by atoms with Gasteiger partial charge in [0.2, 0.25) is 0 Å². The summed E-state index contributed by atoms with van der Waals surface area (Å²) < 4.78 is 0. The first-order chi connectivity index (χ1) is 4.18. The summed E-state index contributed by atoms with van der Waals surface area (Å²) in [5.41, 5.74) is 6.70. The van der Waals surface area contributed by atoms with Crippen molar-refractivity contribution in [3.8, 4) is 12.3 Å². The molecule has 0 heterocycles. The van der Waals surface area contributed by atoms with Crippen LogP contribution in [0.1, 0.15) is 20.3 Å². The minimum Gasteiger partial charge on any atom is -0.324 e. The summed E-state index contributed by atoms with van der Waals surface area (Å²) in [6, 6.07) is 0.137. The minimum atomic E-state index is 0.137. The SMILES string of the molecule is C#CC/C=C(\C)C(C)N. The van der Waals surface area contributed by atoms with Gasteiger partial charge in [0.15, 0.2) is 0 Å². The fourth-order valence-electron chi connectivity index (χ4n) is 0.406. The predicted octanol–water partition coefficient (Wildman–Crippen LogP) is 1.30. The molecule has 2 N–H and O–H groups in total. The molecule has 0 spiro atoms. The number of terminal acetylenes is 1. The van der Waals surface area contributed by atoms with Crippen LogP contribution in [0.3, 0.4) is 0 Å². The van der Waals surface area contributed by atoms with Crippen molar-refractivity contribution >= 4 is 0 Å². The third-order valence-corrected chi connectivity index (χ3v) is 1.26. The summed E-state index contributed by atoms with van der Waals surface area (Å²) in [4.78, 5) is 0. The maximum absolute atomic E-state index is 5.54. The molecule has 0 bridgehead atoms. The summed E-state index contributed by atoms with van der Waals surface area (Å²) in [5, 5.41) is 0. The lowest BCUT2D eigenvalue weighted by molar-refractivity contribution is 0.855. The second kappa shape index (κ2) is 4.17. The third-order valence-electron chi connectivity index (χ3n) is 1.26. The van der Waals surface area contributed by atoms with Gasteiger partial charge in [0.1, 0.15) is 0 Å². The van der Waals surface area contributed by atoms with Crippen LogP contribution in [0.25, 0.3) is 0 Å². The number of hydrogen-bond acceptors (Lipinski definition) is 1. The van der Waals surface area contributed by atoms with Crippen LogP contribution in [-0.2, 0) is 0 Å². The normalized spacial score (nSPS) is 14.7. The van der Waals surface area contributed by atoms with Crippen molar-refractivity contribution < 1.29 is 0 Å². The van der Waals surface area contributed by atoms with Crippen molar-refractivity contribution in [1.82, 2.24) is 0 Å². The molecule has 0 radical (unpaired) electrons. The Balaban J connectivity index is 3.73. The molecule has 9 heavy (non-hydrogen) atoms. The first-order valence-corrected chi connectivity index (χ1v) is 3.04. The van der Waals surface area contributed by atoms with E-state index in [2.05, 4.69) is 5.92 Å². The molecule has 1 nitrogen and oxygen atoms in total. The van der Waals surface area contributed by atoms with Crippen LogP contribution in [-0.4, -0.2) is 6.04 Å². The molecule has 1 heteroatoms. The molecule has 1 atom stereocenters. The molecule has 0 aromatic carbocycles. The van der Waals surface area contributed by atoms with Crippen LogP contribution in [0.15, 0.2) is 11.6 Å². The van der Waals surface area contributed by atoms with Crippen LogP contribution in [0.4, 0.5) is 0 Å². The van der Waals surface area contributed by atoms with Gasteiger partial charge in [-0.05, 0) is 13.8 Å². The van der Waals surface area contributed by atoms with Crippen molar-refractivity contribution in [3.63, 3.8) is 0 Å². The van der Waals surface area contributed by atoms with E-state index in [1.165, 1.54) is 0 Å². The highest BCUT2D eigenvalue weighted by Crippen LogP contribution is 1.97. The van der Waals surface area contributed by atoms with E-state index in [9.17, 15) is 0 Å².